The Morgan fingerprint density at radius 3 is 2.23 bits per heavy atom. The van der Waals surface area contributed by atoms with E-state index in [9.17, 15) is 0 Å². The van der Waals surface area contributed by atoms with Crippen molar-refractivity contribution in [1.82, 2.24) is 5.23 Å². The van der Waals surface area contributed by atoms with Gasteiger partial charge >= 0.3 is 0 Å². The van der Waals surface area contributed by atoms with E-state index in [2.05, 4.69) is 18.4 Å². The molecule has 13 heavy (non-hydrogen) atoms. The fraction of sp³-hybridized carbons (Fsp3) is 0. The third-order valence-corrected chi connectivity index (χ3v) is 1.61. The van der Waals surface area contributed by atoms with Gasteiger partial charge in [-0.15, -0.1) is 0 Å². The van der Waals surface area contributed by atoms with Crippen molar-refractivity contribution in [2.45, 2.75) is 0 Å². The molecule has 0 aromatic rings. The molecule has 0 aromatic heterocycles. The van der Waals surface area contributed by atoms with E-state index in [1.165, 1.54) is 0 Å². The van der Waals surface area contributed by atoms with Crippen molar-refractivity contribution in [2.75, 3.05) is 0 Å². The van der Waals surface area contributed by atoms with Crippen molar-refractivity contribution >= 4 is 25.2 Å². The van der Waals surface area contributed by atoms with Crippen LogP contribution in [0.3, 0.4) is 0 Å². The standard InChI is InChI=1S/C9H11BN2S/c1-3-5-7(9(13)12-10)8(11)6-4-2/h3-6H,1-2,11H2,(H,12,13)/b7-5+,8-6+. The maximum Gasteiger partial charge on any atom is 0.223 e. The molecule has 0 aromatic carbocycles. The van der Waals surface area contributed by atoms with E-state index >= 15 is 0 Å². The molecule has 0 fully saturated rings. The monoisotopic (exact) mass is 190 g/mol. The Morgan fingerprint density at radius 2 is 1.85 bits per heavy atom. The van der Waals surface area contributed by atoms with Gasteiger partial charge in [-0.3, -0.25) is 0 Å². The normalized spacial score (nSPS) is 12.0. The van der Waals surface area contributed by atoms with E-state index in [1.54, 1.807) is 24.3 Å². The van der Waals surface area contributed by atoms with Gasteiger partial charge in [0, 0.05) is 11.3 Å². The molecule has 0 aliphatic heterocycles. The molecular formula is C9H11BN2S. The van der Waals surface area contributed by atoms with Crippen molar-refractivity contribution < 1.29 is 0 Å². The number of thiocarbonyl (C=S) groups is 1. The Hall–Kier alpha value is -1.29. The van der Waals surface area contributed by atoms with Gasteiger partial charge in [0.05, 0.1) is 4.99 Å². The summed E-state index contributed by atoms with van der Waals surface area (Å²) >= 11 is 4.93. The van der Waals surface area contributed by atoms with Gasteiger partial charge in [-0.25, -0.2) is 0 Å². The first-order valence-corrected chi connectivity index (χ1v) is 4.00. The minimum absolute atomic E-state index is 0.371. The number of rotatable bonds is 4. The van der Waals surface area contributed by atoms with Crippen LogP contribution < -0.4 is 11.0 Å². The van der Waals surface area contributed by atoms with Gasteiger partial charge < -0.3 is 11.0 Å². The summed E-state index contributed by atoms with van der Waals surface area (Å²) in [5.74, 6) is 0. The molecule has 66 valence electrons. The molecule has 0 aliphatic rings. The van der Waals surface area contributed by atoms with Crippen LogP contribution in [0.1, 0.15) is 0 Å². The molecule has 2 nitrogen and oxygen atoms in total. The lowest BCUT2D eigenvalue weighted by Crippen LogP contribution is -2.22. The summed E-state index contributed by atoms with van der Waals surface area (Å²) in [4.78, 5) is 0.371. The van der Waals surface area contributed by atoms with Crippen LogP contribution in [0, 0.1) is 0 Å². The average molecular weight is 190 g/mol. The molecule has 0 spiro atoms. The molecule has 0 heterocycles. The minimum Gasteiger partial charge on any atom is -0.428 e. The lowest BCUT2D eigenvalue weighted by atomic mass is 10.1. The van der Waals surface area contributed by atoms with Crippen LogP contribution in [0.15, 0.2) is 48.7 Å². The molecule has 0 saturated carbocycles. The number of nitrogens with one attached hydrogen (secondary N) is 1. The summed E-state index contributed by atoms with van der Waals surface area (Å²) in [6.07, 6.45) is 6.48. The van der Waals surface area contributed by atoms with Gasteiger partial charge in [-0.05, 0) is 6.08 Å². The number of hydrogen-bond donors (Lipinski definition) is 2. The third-order valence-electron chi connectivity index (χ3n) is 1.27. The smallest absolute Gasteiger partial charge is 0.223 e. The molecule has 0 amide bonds. The Morgan fingerprint density at radius 1 is 1.31 bits per heavy atom. The summed E-state index contributed by atoms with van der Waals surface area (Å²) in [7, 11) is 5.16. The summed E-state index contributed by atoms with van der Waals surface area (Å²) in [6, 6.07) is 0. The first-order chi connectivity index (χ1) is 6.17. The predicted molar refractivity (Wildman–Crippen MR) is 62.2 cm³/mol. The first-order valence-electron chi connectivity index (χ1n) is 3.59. The molecule has 0 atom stereocenters. The van der Waals surface area contributed by atoms with Gasteiger partial charge in [0.25, 0.3) is 0 Å². The van der Waals surface area contributed by atoms with Gasteiger partial charge in [-0.1, -0.05) is 43.6 Å². The van der Waals surface area contributed by atoms with Gasteiger partial charge in [0.15, 0.2) is 0 Å². The number of allylic oxidation sites excluding steroid dienone is 4. The maximum atomic E-state index is 5.68. The Kier molecular flexibility index (Phi) is 5.64. The molecule has 0 unspecified atom stereocenters. The Balaban J connectivity index is 4.92. The van der Waals surface area contributed by atoms with Crippen molar-refractivity contribution in [3.63, 3.8) is 0 Å². The van der Waals surface area contributed by atoms with Crippen LogP contribution in [-0.2, 0) is 0 Å². The summed E-state index contributed by atoms with van der Waals surface area (Å²) < 4.78 is 0. The zero-order valence-electron chi connectivity index (χ0n) is 7.29. The van der Waals surface area contributed by atoms with E-state index in [1.807, 2.05) is 0 Å². The van der Waals surface area contributed by atoms with Crippen molar-refractivity contribution in [3.05, 3.63) is 48.7 Å². The highest BCUT2D eigenvalue weighted by molar-refractivity contribution is 7.80. The van der Waals surface area contributed by atoms with E-state index in [4.69, 9.17) is 25.9 Å². The second-order valence-corrected chi connectivity index (χ2v) is 2.56. The lowest BCUT2D eigenvalue weighted by Gasteiger charge is -2.07. The average Bonchev–Trinajstić information content (AvgIpc) is 2.13. The van der Waals surface area contributed by atoms with Crippen LogP contribution >= 0.6 is 12.2 Å². The second-order valence-electron chi connectivity index (χ2n) is 2.15. The van der Waals surface area contributed by atoms with E-state index in [0.717, 1.165) is 0 Å². The van der Waals surface area contributed by atoms with E-state index < -0.39 is 0 Å². The molecule has 2 radical (unpaired) electrons. The van der Waals surface area contributed by atoms with E-state index in [0.29, 0.717) is 16.3 Å². The largest absolute Gasteiger partial charge is 0.428 e. The highest BCUT2D eigenvalue weighted by atomic mass is 32.1. The molecule has 0 bridgehead atoms. The van der Waals surface area contributed by atoms with Gasteiger partial charge in [-0.2, -0.15) is 0 Å². The Labute approximate surface area is 85.3 Å². The van der Waals surface area contributed by atoms with Crippen molar-refractivity contribution in [2.24, 2.45) is 5.73 Å². The van der Waals surface area contributed by atoms with Crippen LogP contribution in [0.5, 0.6) is 0 Å². The van der Waals surface area contributed by atoms with Crippen LogP contribution in [-0.4, -0.2) is 13.0 Å². The maximum absolute atomic E-state index is 5.68. The fourth-order valence-corrected chi connectivity index (χ4v) is 0.901. The van der Waals surface area contributed by atoms with E-state index in [-0.39, 0.29) is 0 Å². The summed E-state index contributed by atoms with van der Waals surface area (Å²) in [6.45, 7) is 7.07. The summed E-state index contributed by atoms with van der Waals surface area (Å²) in [5, 5.41) is 2.35. The first kappa shape index (κ1) is 11.7. The zero-order chi connectivity index (χ0) is 10.3. The predicted octanol–water partition coefficient (Wildman–Crippen LogP) is 1.13. The van der Waals surface area contributed by atoms with Crippen LogP contribution in [0.2, 0.25) is 0 Å². The fourth-order valence-electron chi connectivity index (χ4n) is 0.715. The molecule has 3 N–H and O–H groups in total. The molecule has 0 rings (SSSR count). The summed E-state index contributed by atoms with van der Waals surface area (Å²) in [5.41, 5.74) is 6.81. The van der Waals surface area contributed by atoms with Crippen molar-refractivity contribution in [1.29, 1.82) is 0 Å². The topological polar surface area (TPSA) is 38.0 Å². The molecular weight excluding hydrogens is 179 g/mol. The van der Waals surface area contributed by atoms with Crippen LogP contribution in [0.4, 0.5) is 0 Å². The molecule has 0 aliphatic carbocycles. The minimum atomic E-state index is 0.371. The van der Waals surface area contributed by atoms with Gasteiger partial charge in [0.1, 0.15) is 0 Å². The molecule has 4 heteroatoms. The Bertz CT molecular complexity index is 279. The zero-order valence-corrected chi connectivity index (χ0v) is 8.10. The lowest BCUT2D eigenvalue weighted by molar-refractivity contribution is 1.35. The molecule has 0 saturated heterocycles. The second kappa shape index (κ2) is 6.26. The highest BCUT2D eigenvalue weighted by Crippen LogP contribution is 2.05. The number of hydrogen-bond acceptors (Lipinski definition) is 2. The van der Waals surface area contributed by atoms with Crippen molar-refractivity contribution in [3.8, 4) is 0 Å². The third kappa shape index (κ3) is 3.76. The highest BCUT2D eigenvalue weighted by Gasteiger charge is 2.03. The SMILES string of the molecule is [B]NC(=S)C(=C/C=C)/C(N)=C\C=C. The number of nitrogens with two attached hydrogens (primary N) is 1. The quantitative estimate of drug-likeness (QED) is 0.302. The van der Waals surface area contributed by atoms with Crippen LogP contribution in [0.25, 0.3) is 0 Å². The van der Waals surface area contributed by atoms with Gasteiger partial charge in [0.2, 0.25) is 7.98 Å².